The lowest BCUT2D eigenvalue weighted by molar-refractivity contribution is -0.142. The highest BCUT2D eigenvalue weighted by Gasteiger charge is 2.25. The zero-order valence-electron chi connectivity index (χ0n) is 19.4. The highest BCUT2D eigenvalue weighted by Crippen LogP contribution is 2.39. The van der Waals surface area contributed by atoms with Crippen LogP contribution >= 0.6 is 11.6 Å². The average Bonchev–Trinajstić information content (AvgIpc) is 2.87. The number of halogens is 2. The van der Waals surface area contributed by atoms with Crippen LogP contribution in [-0.2, 0) is 22.6 Å². The van der Waals surface area contributed by atoms with Crippen molar-refractivity contribution in [1.29, 1.82) is 0 Å². The van der Waals surface area contributed by atoms with Crippen LogP contribution in [0, 0.1) is 5.82 Å². The molecule has 0 aliphatic heterocycles. The number of aliphatic hydroxyl groups excluding tert-OH is 1. The molecule has 1 amide bonds. The van der Waals surface area contributed by atoms with Gasteiger partial charge in [0.15, 0.2) is 0 Å². The van der Waals surface area contributed by atoms with Gasteiger partial charge in [0.2, 0.25) is 0 Å². The maximum atomic E-state index is 14.1. The molecule has 0 aromatic heterocycles. The summed E-state index contributed by atoms with van der Waals surface area (Å²) in [5, 5.41) is 11.9. The van der Waals surface area contributed by atoms with E-state index >= 15 is 0 Å². The highest BCUT2D eigenvalue weighted by molar-refractivity contribution is 6.33. The van der Waals surface area contributed by atoms with Gasteiger partial charge in [-0.3, -0.25) is 4.79 Å². The fraction of sp³-hybridized carbons (Fsp3) is 0.231. The largest absolute Gasteiger partial charge is 0.496 e. The van der Waals surface area contributed by atoms with Gasteiger partial charge in [-0.2, -0.15) is 0 Å². The minimum Gasteiger partial charge on any atom is -0.496 e. The van der Waals surface area contributed by atoms with Crippen LogP contribution in [0.3, 0.4) is 0 Å². The molecule has 0 aliphatic rings. The van der Waals surface area contributed by atoms with E-state index in [1.165, 1.54) is 33.5 Å². The number of carbonyl (C=O) groups is 2. The Morgan fingerprint density at radius 1 is 1.00 bits per heavy atom. The molecule has 3 aromatic carbocycles. The van der Waals surface area contributed by atoms with Gasteiger partial charge in [-0.05, 0) is 41.0 Å². The third kappa shape index (κ3) is 5.90. The standard InChI is InChI=1S/C26H25ClFNO6/c1-33-21-12-16(14-30)13-22(34-2)23(21)17-9-7-15(8-10-17)11-20(26(32)35-3)29-25(31)24-18(27)5-4-6-19(24)28/h4-10,12-13,20,30H,11,14H2,1-3H3,(H,29,31). The number of benzene rings is 3. The van der Waals surface area contributed by atoms with Crippen LogP contribution in [0.5, 0.6) is 11.5 Å². The van der Waals surface area contributed by atoms with Crippen LogP contribution in [0.2, 0.25) is 5.02 Å². The zero-order chi connectivity index (χ0) is 25.5. The Kier molecular flexibility index (Phi) is 8.68. The number of rotatable bonds is 9. The number of ether oxygens (including phenoxy) is 3. The van der Waals surface area contributed by atoms with Gasteiger partial charge in [0.25, 0.3) is 5.91 Å². The van der Waals surface area contributed by atoms with Crippen LogP contribution in [0.4, 0.5) is 4.39 Å². The van der Waals surface area contributed by atoms with E-state index < -0.39 is 23.7 Å². The summed E-state index contributed by atoms with van der Waals surface area (Å²) < 4.78 is 29.9. The van der Waals surface area contributed by atoms with E-state index in [1.807, 2.05) is 12.1 Å². The molecule has 1 unspecified atom stereocenters. The maximum Gasteiger partial charge on any atom is 0.328 e. The summed E-state index contributed by atoms with van der Waals surface area (Å²) >= 11 is 5.97. The molecule has 0 heterocycles. The molecule has 3 rings (SSSR count). The van der Waals surface area contributed by atoms with E-state index in [2.05, 4.69) is 5.32 Å². The minimum atomic E-state index is -1.07. The first kappa shape index (κ1) is 26.0. The van der Waals surface area contributed by atoms with Gasteiger partial charge >= 0.3 is 5.97 Å². The van der Waals surface area contributed by atoms with E-state index in [0.717, 1.165) is 11.6 Å². The van der Waals surface area contributed by atoms with E-state index in [9.17, 15) is 19.1 Å². The fourth-order valence-corrected chi connectivity index (χ4v) is 3.91. The average molecular weight is 502 g/mol. The third-order valence-corrected chi connectivity index (χ3v) is 5.73. The summed E-state index contributed by atoms with van der Waals surface area (Å²) in [4.78, 5) is 25.0. The first-order valence-corrected chi connectivity index (χ1v) is 11.0. The smallest absolute Gasteiger partial charge is 0.328 e. The van der Waals surface area contributed by atoms with Crippen LogP contribution in [0.1, 0.15) is 21.5 Å². The van der Waals surface area contributed by atoms with Crippen molar-refractivity contribution in [3.8, 4) is 22.6 Å². The summed E-state index contributed by atoms with van der Waals surface area (Å²) in [5.74, 6) is -1.24. The van der Waals surface area contributed by atoms with Gasteiger partial charge < -0.3 is 24.6 Å². The molecule has 0 saturated carbocycles. The molecule has 0 bridgehead atoms. The van der Waals surface area contributed by atoms with Gasteiger partial charge in [-0.15, -0.1) is 0 Å². The van der Waals surface area contributed by atoms with Crippen molar-refractivity contribution in [2.45, 2.75) is 19.1 Å². The van der Waals surface area contributed by atoms with Crippen molar-refractivity contribution < 1.29 is 33.3 Å². The normalized spacial score (nSPS) is 11.5. The lowest BCUT2D eigenvalue weighted by Crippen LogP contribution is -2.43. The summed E-state index contributed by atoms with van der Waals surface area (Å²) in [7, 11) is 4.26. The molecule has 2 N–H and O–H groups in total. The predicted octanol–water partition coefficient (Wildman–Crippen LogP) is 4.17. The molecule has 7 nitrogen and oxygen atoms in total. The number of methoxy groups -OCH3 is 3. The Bertz CT molecular complexity index is 1170. The van der Waals surface area contributed by atoms with Gasteiger partial charge in [-0.25, -0.2) is 9.18 Å². The number of carbonyl (C=O) groups excluding carboxylic acids is 2. The quantitative estimate of drug-likeness (QED) is 0.427. The molecule has 0 aliphatic carbocycles. The molecule has 3 aromatic rings. The summed E-state index contributed by atoms with van der Waals surface area (Å²) in [6.45, 7) is -0.162. The molecule has 0 spiro atoms. The first-order chi connectivity index (χ1) is 16.8. The second-order valence-electron chi connectivity index (χ2n) is 7.58. The number of nitrogens with one attached hydrogen (secondary N) is 1. The number of hydrogen-bond donors (Lipinski definition) is 2. The van der Waals surface area contributed by atoms with Crippen LogP contribution < -0.4 is 14.8 Å². The Balaban J connectivity index is 1.87. The van der Waals surface area contributed by atoms with Gasteiger partial charge in [0.05, 0.1) is 44.1 Å². The topological polar surface area (TPSA) is 94.1 Å². The Morgan fingerprint density at radius 2 is 1.63 bits per heavy atom. The van der Waals surface area contributed by atoms with E-state index in [4.69, 9.17) is 25.8 Å². The SMILES string of the molecule is COC(=O)C(Cc1ccc(-c2c(OC)cc(CO)cc2OC)cc1)NC(=O)c1c(F)cccc1Cl. The number of esters is 1. The maximum absolute atomic E-state index is 14.1. The molecule has 35 heavy (non-hydrogen) atoms. The van der Waals surface area contributed by atoms with Crippen molar-refractivity contribution >= 4 is 23.5 Å². The van der Waals surface area contributed by atoms with Crippen molar-refractivity contribution in [2.24, 2.45) is 0 Å². The van der Waals surface area contributed by atoms with Crippen LogP contribution in [0.25, 0.3) is 11.1 Å². The molecule has 9 heteroatoms. The molecule has 0 radical (unpaired) electrons. The number of aliphatic hydroxyl groups is 1. The Morgan fingerprint density at radius 3 is 2.14 bits per heavy atom. The zero-order valence-corrected chi connectivity index (χ0v) is 20.2. The fourth-order valence-electron chi connectivity index (χ4n) is 3.67. The van der Waals surface area contributed by atoms with Crippen molar-refractivity contribution in [3.63, 3.8) is 0 Å². The second-order valence-corrected chi connectivity index (χ2v) is 7.99. The van der Waals surface area contributed by atoms with Crippen molar-refractivity contribution in [1.82, 2.24) is 5.32 Å². The molecular weight excluding hydrogens is 477 g/mol. The van der Waals surface area contributed by atoms with Crippen molar-refractivity contribution in [3.05, 3.63) is 82.1 Å². The number of amides is 1. The van der Waals surface area contributed by atoms with E-state index in [0.29, 0.717) is 28.2 Å². The second kappa shape index (κ2) is 11.7. The lowest BCUT2D eigenvalue weighted by Gasteiger charge is -2.18. The first-order valence-electron chi connectivity index (χ1n) is 10.6. The molecule has 0 fully saturated rings. The molecule has 0 saturated heterocycles. The highest BCUT2D eigenvalue weighted by atomic mass is 35.5. The Labute approximate surface area is 207 Å². The van der Waals surface area contributed by atoms with Crippen LogP contribution in [-0.4, -0.2) is 44.4 Å². The lowest BCUT2D eigenvalue weighted by atomic mass is 9.98. The Hall–Kier alpha value is -3.62. The van der Waals surface area contributed by atoms with Crippen molar-refractivity contribution in [2.75, 3.05) is 21.3 Å². The number of hydrogen-bond acceptors (Lipinski definition) is 6. The van der Waals surface area contributed by atoms with Gasteiger partial charge in [-0.1, -0.05) is 41.9 Å². The third-order valence-electron chi connectivity index (χ3n) is 5.41. The van der Waals surface area contributed by atoms with Crippen LogP contribution in [0.15, 0.2) is 54.6 Å². The van der Waals surface area contributed by atoms with E-state index in [-0.39, 0.29) is 23.6 Å². The monoisotopic (exact) mass is 501 g/mol. The minimum absolute atomic E-state index is 0.0643. The molecule has 184 valence electrons. The summed E-state index contributed by atoms with van der Waals surface area (Å²) in [6, 6.07) is 13.5. The van der Waals surface area contributed by atoms with Gasteiger partial charge in [0, 0.05) is 6.42 Å². The van der Waals surface area contributed by atoms with E-state index in [1.54, 1.807) is 24.3 Å². The molecular formula is C26H25ClFNO6. The summed E-state index contributed by atoms with van der Waals surface area (Å²) in [6.07, 6.45) is 0.0997. The summed E-state index contributed by atoms with van der Waals surface area (Å²) in [5.41, 5.74) is 2.50. The predicted molar refractivity (Wildman–Crippen MR) is 129 cm³/mol. The molecule has 1 atom stereocenters. The van der Waals surface area contributed by atoms with Gasteiger partial charge in [0.1, 0.15) is 23.4 Å².